The van der Waals surface area contributed by atoms with Crippen LogP contribution in [0.4, 0.5) is 0 Å². The van der Waals surface area contributed by atoms with Crippen molar-refractivity contribution in [3.05, 3.63) is 6.92 Å². The molecule has 1 atom stereocenters. The van der Waals surface area contributed by atoms with Gasteiger partial charge in [-0.05, 0) is 13.5 Å². The van der Waals surface area contributed by atoms with Gasteiger partial charge in [0, 0.05) is 19.5 Å². The number of nitrogens with zero attached hydrogens (tertiary/aromatic N) is 1. The van der Waals surface area contributed by atoms with Gasteiger partial charge in [0.15, 0.2) is 0 Å². The lowest BCUT2D eigenvalue weighted by Crippen LogP contribution is -2.44. The predicted octanol–water partition coefficient (Wildman–Crippen LogP) is -0.116. The second-order valence-corrected chi connectivity index (χ2v) is 3.09. The van der Waals surface area contributed by atoms with E-state index in [9.17, 15) is 9.59 Å². The molecule has 0 amide bonds. The second kappa shape index (κ2) is 4.37. The molecule has 1 saturated heterocycles. The third kappa shape index (κ3) is 2.28. The molecule has 0 aromatic heterocycles. The molecule has 1 radical (unpaired) electrons. The van der Waals surface area contributed by atoms with E-state index in [1.165, 1.54) is 7.11 Å². The van der Waals surface area contributed by atoms with Crippen molar-refractivity contribution >= 4 is 11.8 Å². The summed E-state index contributed by atoms with van der Waals surface area (Å²) in [5, 5.41) is 0. The molecule has 4 nitrogen and oxygen atoms in total. The van der Waals surface area contributed by atoms with Gasteiger partial charge in [0.1, 0.15) is 11.7 Å². The number of methoxy groups -OCH3 is 1. The van der Waals surface area contributed by atoms with E-state index in [0.29, 0.717) is 26.1 Å². The molecule has 0 aliphatic carbocycles. The number of ether oxygens (including phenoxy) is 1. The van der Waals surface area contributed by atoms with Crippen LogP contribution in [0, 0.1) is 12.8 Å². The van der Waals surface area contributed by atoms with E-state index >= 15 is 0 Å². The molecule has 0 aromatic rings. The van der Waals surface area contributed by atoms with E-state index in [1.54, 1.807) is 0 Å². The van der Waals surface area contributed by atoms with E-state index in [-0.39, 0.29) is 5.78 Å². The van der Waals surface area contributed by atoms with Crippen LogP contribution in [0.25, 0.3) is 0 Å². The fourth-order valence-electron chi connectivity index (χ4n) is 1.45. The lowest BCUT2D eigenvalue weighted by atomic mass is 9.97. The maximum Gasteiger partial charge on any atom is 0.317 e. The zero-order chi connectivity index (χ0) is 9.84. The van der Waals surface area contributed by atoms with E-state index in [0.717, 1.165) is 0 Å². The molecule has 1 aliphatic heterocycles. The number of esters is 1. The minimum absolute atomic E-state index is 0.0171. The van der Waals surface area contributed by atoms with E-state index in [1.807, 2.05) is 4.90 Å². The largest absolute Gasteiger partial charge is 0.468 e. The summed E-state index contributed by atoms with van der Waals surface area (Å²) in [6.45, 7) is 5.50. The number of rotatable bonds is 2. The van der Waals surface area contributed by atoms with Gasteiger partial charge < -0.3 is 9.64 Å². The second-order valence-electron chi connectivity index (χ2n) is 3.09. The summed E-state index contributed by atoms with van der Waals surface area (Å²) in [4.78, 5) is 24.4. The third-order valence-electron chi connectivity index (χ3n) is 2.31. The fraction of sp³-hybridized carbons (Fsp3) is 0.667. The Labute approximate surface area is 77.8 Å². The van der Waals surface area contributed by atoms with Gasteiger partial charge in [-0.25, -0.2) is 0 Å². The number of hydrogen-bond donors (Lipinski definition) is 0. The molecule has 1 rings (SSSR count). The normalized spacial score (nSPS) is 24.5. The number of likely N-dealkylation sites (tertiary alicyclic amines) is 1. The topological polar surface area (TPSA) is 46.6 Å². The fourth-order valence-corrected chi connectivity index (χ4v) is 1.45. The van der Waals surface area contributed by atoms with E-state index < -0.39 is 11.9 Å². The monoisotopic (exact) mass is 184 g/mol. The molecule has 4 heteroatoms. The van der Waals surface area contributed by atoms with Gasteiger partial charge in [-0.3, -0.25) is 9.59 Å². The standard InChI is InChI=1S/C9H14NO3/c1-3-10-5-4-8(11)7(6-10)9(12)13-2/h7H,1,3-6H2,2H3. The van der Waals surface area contributed by atoms with Crippen molar-refractivity contribution in [1.29, 1.82) is 0 Å². The van der Waals surface area contributed by atoms with Gasteiger partial charge in [0.25, 0.3) is 0 Å². The SMILES string of the molecule is [CH2]CN1CCC(=O)C(C(=O)OC)C1. The van der Waals surface area contributed by atoms with Crippen LogP contribution >= 0.6 is 0 Å². The Morgan fingerprint density at radius 1 is 1.77 bits per heavy atom. The average molecular weight is 184 g/mol. The first kappa shape index (κ1) is 10.2. The molecule has 0 aromatic carbocycles. The predicted molar refractivity (Wildman–Crippen MR) is 46.9 cm³/mol. The number of Topliss-reactive ketones (excluding diaryl/α,β-unsaturated/α-hetero) is 1. The average Bonchev–Trinajstić information content (AvgIpc) is 2.17. The highest BCUT2D eigenvalue weighted by molar-refractivity contribution is 5.99. The van der Waals surface area contributed by atoms with Crippen LogP contribution in [0.2, 0.25) is 0 Å². The molecule has 13 heavy (non-hydrogen) atoms. The van der Waals surface area contributed by atoms with Crippen molar-refractivity contribution in [2.24, 2.45) is 5.92 Å². The van der Waals surface area contributed by atoms with Crippen LogP contribution in [0.15, 0.2) is 0 Å². The van der Waals surface area contributed by atoms with E-state index in [2.05, 4.69) is 11.7 Å². The van der Waals surface area contributed by atoms with Crippen molar-refractivity contribution in [3.63, 3.8) is 0 Å². The van der Waals surface area contributed by atoms with Crippen molar-refractivity contribution in [1.82, 2.24) is 4.90 Å². The van der Waals surface area contributed by atoms with Gasteiger partial charge in [-0.2, -0.15) is 0 Å². The van der Waals surface area contributed by atoms with Crippen LogP contribution in [0.3, 0.4) is 0 Å². The van der Waals surface area contributed by atoms with Crippen LogP contribution in [0.5, 0.6) is 0 Å². The van der Waals surface area contributed by atoms with Gasteiger partial charge >= 0.3 is 5.97 Å². The number of carbonyl (C=O) groups is 2. The number of carbonyl (C=O) groups excluding carboxylic acids is 2. The minimum Gasteiger partial charge on any atom is -0.468 e. The van der Waals surface area contributed by atoms with Crippen molar-refractivity contribution < 1.29 is 14.3 Å². The smallest absolute Gasteiger partial charge is 0.317 e. The third-order valence-corrected chi connectivity index (χ3v) is 2.31. The van der Waals surface area contributed by atoms with Crippen LogP contribution in [-0.2, 0) is 14.3 Å². The van der Waals surface area contributed by atoms with E-state index in [4.69, 9.17) is 0 Å². The molecule has 0 saturated carbocycles. The Balaban J connectivity index is 2.59. The highest BCUT2D eigenvalue weighted by Gasteiger charge is 2.32. The van der Waals surface area contributed by atoms with Crippen molar-refractivity contribution in [2.75, 3.05) is 26.7 Å². The quantitative estimate of drug-likeness (QED) is 0.443. The molecular formula is C9H14NO3. The number of hydrogen-bond acceptors (Lipinski definition) is 4. The summed E-state index contributed by atoms with van der Waals surface area (Å²) in [6, 6.07) is 0. The van der Waals surface area contributed by atoms with Crippen LogP contribution in [0.1, 0.15) is 6.42 Å². The molecule has 0 bridgehead atoms. The number of ketones is 1. The molecule has 1 fully saturated rings. The Bertz CT molecular complexity index is 207. The highest BCUT2D eigenvalue weighted by Crippen LogP contribution is 2.13. The molecule has 1 heterocycles. The van der Waals surface area contributed by atoms with Crippen molar-refractivity contribution in [3.8, 4) is 0 Å². The minimum atomic E-state index is -0.597. The Morgan fingerprint density at radius 3 is 3.00 bits per heavy atom. The lowest BCUT2D eigenvalue weighted by Gasteiger charge is -2.28. The maximum absolute atomic E-state index is 11.3. The maximum atomic E-state index is 11.3. The van der Waals surface area contributed by atoms with Gasteiger partial charge in [-0.1, -0.05) is 0 Å². The van der Waals surface area contributed by atoms with Crippen LogP contribution in [-0.4, -0.2) is 43.4 Å². The highest BCUT2D eigenvalue weighted by atomic mass is 16.5. The first-order valence-electron chi connectivity index (χ1n) is 4.31. The molecule has 1 aliphatic rings. The molecule has 0 spiro atoms. The van der Waals surface area contributed by atoms with Gasteiger partial charge in [0.05, 0.1) is 7.11 Å². The Morgan fingerprint density at radius 2 is 2.46 bits per heavy atom. The van der Waals surface area contributed by atoms with Gasteiger partial charge in [-0.15, -0.1) is 0 Å². The summed E-state index contributed by atoms with van der Waals surface area (Å²) in [5.74, 6) is -1.04. The summed E-state index contributed by atoms with van der Waals surface area (Å²) in [5.41, 5.74) is 0. The molecule has 1 unspecified atom stereocenters. The Hall–Kier alpha value is -0.900. The molecular weight excluding hydrogens is 170 g/mol. The zero-order valence-corrected chi connectivity index (χ0v) is 7.78. The van der Waals surface area contributed by atoms with Gasteiger partial charge in [0.2, 0.25) is 0 Å². The summed E-state index contributed by atoms with van der Waals surface area (Å²) in [7, 11) is 1.30. The van der Waals surface area contributed by atoms with Crippen molar-refractivity contribution in [2.45, 2.75) is 6.42 Å². The summed E-state index contributed by atoms with van der Waals surface area (Å²) < 4.78 is 4.55. The summed E-state index contributed by atoms with van der Waals surface area (Å²) in [6.07, 6.45) is 0.426. The first-order valence-corrected chi connectivity index (χ1v) is 4.31. The molecule has 73 valence electrons. The zero-order valence-electron chi connectivity index (χ0n) is 7.78. The lowest BCUT2D eigenvalue weighted by molar-refractivity contribution is -0.151. The first-order chi connectivity index (χ1) is 6.19. The van der Waals surface area contributed by atoms with Crippen LogP contribution < -0.4 is 0 Å². The molecule has 0 N–H and O–H groups in total. The summed E-state index contributed by atoms with van der Waals surface area (Å²) >= 11 is 0. The Kier molecular flexibility index (Phi) is 3.42. The number of piperidine rings is 1.